The molecule has 0 heterocycles. The van der Waals surface area contributed by atoms with Crippen molar-refractivity contribution in [3.05, 3.63) is 0 Å². The predicted octanol–water partition coefficient (Wildman–Crippen LogP) is 2.12. The van der Waals surface area contributed by atoms with Crippen LogP contribution in [0.15, 0.2) is 0 Å². The van der Waals surface area contributed by atoms with Crippen molar-refractivity contribution < 1.29 is 14.7 Å². The van der Waals surface area contributed by atoms with Crippen LogP contribution in [0.25, 0.3) is 0 Å². The van der Waals surface area contributed by atoms with Gasteiger partial charge < -0.3 is 15.7 Å². The Morgan fingerprint density at radius 3 is 2.39 bits per heavy atom. The van der Waals surface area contributed by atoms with Crippen LogP contribution >= 0.6 is 0 Å². The van der Waals surface area contributed by atoms with Gasteiger partial charge in [0, 0.05) is 6.04 Å². The Kier molecular flexibility index (Phi) is 5.95. The lowest BCUT2D eigenvalue weighted by Gasteiger charge is -2.25. The van der Waals surface area contributed by atoms with Crippen LogP contribution in [0, 0.1) is 5.92 Å². The lowest BCUT2D eigenvalue weighted by atomic mass is 9.95. The number of carbonyl (C=O) groups excluding carboxylic acids is 1. The predicted molar refractivity (Wildman–Crippen MR) is 69.4 cm³/mol. The van der Waals surface area contributed by atoms with Crippen LogP contribution < -0.4 is 10.6 Å². The SMILES string of the molecule is CCC(C)C(NC(=O)NC1CCCCC1)C(=O)O. The summed E-state index contributed by atoms with van der Waals surface area (Å²) < 4.78 is 0. The normalized spacial score (nSPS) is 19.9. The highest BCUT2D eigenvalue weighted by atomic mass is 16.4. The minimum Gasteiger partial charge on any atom is -0.480 e. The van der Waals surface area contributed by atoms with Gasteiger partial charge in [0.1, 0.15) is 6.04 Å². The van der Waals surface area contributed by atoms with Gasteiger partial charge in [-0.1, -0.05) is 39.5 Å². The molecule has 5 heteroatoms. The minimum atomic E-state index is -0.969. The van der Waals surface area contributed by atoms with E-state index in [0.29, 0.717) is 0 Å². The zero-order chi connectivity index (χ0) is 13.5. The summed E-state index contributed by atoms with van der Waals surface area (Å²) in [5, 5.41) is 14.5. The van der Waals surface area contributed by atoms with E-state index in [0.717, 1.165) is 32.1 Å². The van der Waals surface area contributed by atoms with Crippen molar-refractivity contribution in [2.75, 3.05) is 0 Å². The molecule has 1 saturated carbocycles. The third kappa shape index (κ3) is 4.55. The van der Waals surface area contributed by atoms with E-state index in [1.807, 2.05) is 13.8 Å². The third-order valence-corrected chi connectivity index (χ3v) is 3.71. The van der Waals surface area contributed by atoms with Gasteiger partial charge in [-0.2, -0.15) is 0 Å². The van der Waals surface area contributed by atoms with Crippen LogP contribution in [0.4, 0.5) is 4.79 Å². The first-order valence-electron chi connectivity index (χ1n) is 6.84. The number of nitrogens with one attached hydrogen (secondary N) is 2. The number of rotatable bonds is 5. The molecular weight excluding hydrogens is 232 g/mol. The van der Waals surface area contributed by atoms with Crippen molar-refractivity contribution in [1.29, 1.82) is 0 Å². The molecule has 18 heavy (non-hydrogen) atoms. The second-order valence-electron chi connectivity index (χ2n) is 5.15. The van der Waals surface area contributed by atoms with Crippen molar-refractivity contribution in [3.63, 3.8) is 0 Å². The van der Waals surface area contributed by atoms with Crippen molar-refractivity contribution in [1.82, 2.24) is 10.6 Å². The number of carbonyl (C=O) groups is 2. The summed E-state index contributed by atoms with van der Waals surface area (Å²) in [6, 6.07) is -0.960. The molecule has 1 aliphatic carbocycles. The Balaban J connectivity index is 2.42. The summed E-state index contributed by atoms with van der Waals surface area (Å²) in [5.41, 5.74) is 0. The van der Waals surface area contributed by atoms with E-state index in [4.69, 9.17) is 5.11 Å². The van der Waals surface area contributed by atoms with Gasteiger partial charge in [0.05, 0.1) is 0 Å². The topological polar surface area (TPSA) is 78.4 Å². The van der Waals surface area contributed by atoms with Crippen LogP contribution in [-0.4, -0.2) is 29.2 Å². The first-order chi connectivity index (χ1) is 8.54. The van der Waals surface area contributed by atoms with E-state index in [2.05, 4.69) is 10.6 Å². The molecule has 1 rings (SSSR count). The number of urea groups is 1. The van der Waals surface area contributed by atoms with E-state index < -0.39 is 12.0 Å². The zero-order valence-corrected chi connectivity index (χ0v) is 11.2. The molecule has 104 valence electrons. The number of amides is 2. The first kappa shape index (κ1) is 14.8. The summed E-state index contributed by atoms with van der Waals surface area (Å²) in [4.78, 5) is 22.8. The average molecular weight is 256 g/mol. The Bertz CT molecular complexity index is 288. The van der Waals surface area contributed by atoms with E-state index in [1.54, 1.807) is 0 Å². The molecule has 0 aromatic carbocycles. The zero-order valence-electron chi connectivity index (χ0n) is 11.2. The lowest BCUT2D eigenvalue weighted by Crippen LogP contribution is -2.51. The van der Waals surface area contributed by atoms with Crippen LogP contribution in [0.1, 0.15) is 52.4 Å². The van der Waals surface area contributed by atoms with E-state index >= 15 is 0 Å². The standard InChI is InChI=1S/C13H24N2O3/c1-3-9(2)11(12(16)17)15-13(18)14-10-7-5-4-6-8-10/h9-11H,3-8H2,1-2H3,(H,16,17)(H2,14,15,18). The van der Waals surface area contributed by atoms with Gasteiger partial charge in [-0.15, -0.1) is 0 Å². The minimum absolute atomic E-state index is 0.0698. The molecule has 0 aromatic rings. The van der Waals surface area contributed by atoms with E-state index in [9.17, 15) is 9.59 Å². The molecule has 0 saturated heterocycles. The smallest absolute Gasteiger partial charge is 0.326 e. The highest BCUT2D eigenvalue weighted by Gasteiger charge is 2.26. The summed E-state index contributed by atoms with van der Waals surface area (Å²) in [7, 11) is 0. The number of carboxylic acid groups (broad SMARTS) is 1. The van der Waals surface area contributed by atoms with E-state index in [-0.39, 0.29) is 18.0 Å². The highest BCUT2D eigenvalue weighted by molar-refractivity contribution is 5.82. The molecule has 2 amide bonds. The Hall–Kier alpha value is -1.26. The van der Waals surface area contributed by atoms with Gasteiger partial charge in [0.25, 0.3) is 0 Å². The molecule has 2 atom stereocenters. The van der Waals surface area contributed by atoms with Gasteiger partial charge in [-0.25, -0.2) is 9.59 Å². The first-order valence-corrected chi connectivity index (χ1v) is 6.84. The maximum absolute atomic E-state index is 11.8. The van der Waals surface area contributed by atoms with Crippen LogP contribution in [0.5, 0.6) is 0 Å². The monoisotopic (exact) mass is 256 g/mol. The van der Waals surface area contributed by atoms with Crippen LogP contribution in [-0.2, 0) is 4.79 Å². The molecule has 0 aromatic heterocycles. The molecule has 0 radical (unpaired) electrons. The Morgan fingerprint density at radius 2 is 1.89 bits per heavy atom. The highest BCUT2D eigenvalue weighted by Crippen LogP contribution is 2.17. The van der Waals surface area contributed by atoms with Gasteiger partial charge in [-0.3, -0.25) is 0 Å². The number of carboxylic acids is 1. The molecular formula is C13H24N2O3. The molecule has 1 fully saturated rings. The second-order valence-corrected chi connectivity index (χ2v) is 5.15. The molecule has 5 nitrogen and oxygen atoms in total. The Morgan fingerprint density at radius 1 is 1.28 bits per heavy atom. The fraction of sp³-hybridized carbons (Fsp3) is 0.846. The lowest BCUT2D eigenvalue weighted by molar-refractivity contribution is -0.140. The second kappa shape index (κ2) is 7.24. The van der Waals surface area contributed by atoms with Gasteiger partial charge in [0.15, 0.2) is 0 Å². The summed E-state index contributed by atoms with van der Waals surface area (Å²) in [6.07, 6.45) is 6.21. The number of hydrogen-bond acceptors (Lipinski definition) is 2. The molecule has 3 N–H and O–H groups in total. The van der Waals surface area contributed by atoms with Gasteiger partial charge in [0.2, 0.25) is 0 Å². The maximum Gasteiger partial charge on any atom is 0.326 e. The maximum atomic E-state index is 11.8. The van der Waals surface area contributed by atoms with E-state index in [1.165, 1.54) is 6.42 Å². The van der Waals surface area contributed by atoms with Crippen LogP contribution in [0.3, 0.4) is 0 Å². The molecule has 2 unspecified atom stereocenters. The van der Waals surface area contributed by atoms with Gasteiger partial charge >= 0.3 is 12.0 Å². The molecule has 1 aliphatic rings. The fourth-order valence-corrected chi connectivity index (χ4v) is 2.30. The largest absolute Gasteiger partial charge is 0.480 e. The summed E-state index contributed by atoms with van der Waals surface area (Å²) in [6.45, 7) is 3.75. The fourth-order valence-electron chi connectivity index (χ4n) is 2.30. The van der Waals surface area contributed by atoms with Crippen molar-refractivity contribution in [2.24, 2.45) is 5.92 Å². The summed E-state index contributed by atoms with van der Waals surface area (Å²) in [5.74, 6) is -1.04. The molecule has 0 bridgehead atoms. The average Bonchev–Trinajstić information content (AvgIpc) is 2.36. The van der Waals surface area contributed by atoms with Crippen molar-refractivity contribution >= 4 is 12.0 Å². The third-order valence-electron chi connectivity index (χ3n) is 3.71. The van der Waals surface area contributed by atoms with Gasteiger partial charge in [-0.05, 0) is 18.8 Å². The van der Waals surface area contributed by atoms with Crippen molar-refractivity contribution in [2.45, 2.75) is 64.5 Å². The molecule has 0 spiro atoms. The van der Waals surface area contributed by atoms with Crippen molar-refractivity contribution in [3.8, 4) is 0 Å². The Labute approximate surface area is 108 Å². The number of hydrogen-bond donors (Lipinski definition) is 3. The number of aliphatic carboxylic acids is 1. The summed E-state index contributed by atoms with van der Waals surface area (Å²) >= 11 is 0. The molecule has 0 aliphatic heterocycles. The van der Waals surface area contributed by atoms with Crippen LogP contribution in [0.2, 0.25) is 0 Å². The quantitative estimate of drug-likeness (QED) is 0.705.